The van der Waals surface area contributed by atoms with E-state index in [0.29, 0.717) is 0 Å². The number of nitro benzene ring substituents is 2. The molecule has 6 rings (SSSR count). The molecule has 340 valence electrons. The normalized spacial score (nSPS) is 14.9. The van der Waals surface area contributed by atoms with Crippen molar-refractivity contribution in [1.82, 2.24) is 9.62 Å². The first kappa shape index (κ1) is 51.3. The van der Waals surface area contributed by atoms with Crippen molar-refractivity contribution in [2.24, 2.45) is 0 Å². The zero-order valence-electron chi connectivity index (χ0n) is 31.9. The summed E-state index contributed by atoms with van der Waals surface area (Å²) in [4.78, 5) is 44.1. The zero-order valence-corrected chi connectivity index (χ0v) is 37.3. The molecular formula is C36H33Cl5F2N6O12S2. The summed E-state index contributed by atoms with van der Waals surface area (Å²) in [6, 6.07) is 10.0. The number of halogens is 7. The first-order chi connectivity index (χ1) is 29.4. The van der Waals surface area contributed by atoms with Crippen molar-refractivity contribution in [2.75, 3.05) is 36.8 Å². The number of carbonyl (C=O) groups excluding carboxylic acids is 2. The second-order valence-electron chi connectivity index (χ2n) is 13.3. The fraction of sp³-hybridized carbons (Fsp3) is 0.278. The van der Waals surface area contributed by atoms with Crippen LogP contribution >= 0.6 is 57.1 Å². The molecule has 0 aromatic heterocycles. The highest BCUT2D eigenvalue weighted by Gasteiger charge is 2.34. The van der Waals surface area contributed by atoms with Crippen molar-refractivity contribution < 1.29 is 55.3 Å². The van der Waals surface area contributed by atoms with E-state index in [0.717, 1.165) is 78.8 Å². The van der Waals surface area contributed by atoms with Crippen LogP contribution in [0.4, 0.5) is 31.5 Å². The maximum absolute atomic E-state index is 13.3. The van der Waals surface area contributed by atoms with E-state index in [1.54, 1.807) is 0 Å². The molecule has 0 spiro atoms. The summed E-state index contributed by atoms with van der Waals surface area (Å²) >= 11 is 23.0. The minimum atomic E-state index is -4.45. The molecule has 0 bridgehead atoms. The number of nitrogens with zero attached hydrogens (tertiary/aromatic N) is 3. The maximum atomic E-state index is 13.3. The van der Waals surface area contributed by atoms with Gasteiger partial charge >= 0.3 is 0 Å². The van der Waals surface area contributed by atoms with Gasteiger partial charge in [-0.25, -0.2) is 25.6 Å². The lowest BCUT2D eigenvalue weighted by atomic mass is 10.1. The summed E-state index contributed by atoms with van der Waals surface area (Å²) in [6.07, 6.45) is 1.59. The molecule has 0 aliphatic carbocycles. The smallest absolute Gasteiger partial charge is 0.290 e. The van der Waals surface area contributed by atoms with Gasteiger partial charge in [0.15, 0.2) is 0 Å². The summed E-state index contributed by atoms with van der Waals surface area (Å²) in [5.41, 5.74) is -2.12. The average Bonchev–Trinajstić information content (AvgIpc) is 3.21. The molecule has 27 heteroatoms. The number of carbonyl (C=O) groups is 2. The maximum Gasteiger partial charge on any atom is 0.290 e. The number of amides is 2. The molecule has 0 radical (unpaired) electrons. The molecule has 18 nitrogen and oxygen atoms in total. The number of aliphatic hydroxyl groups excluding tert-OH is 2. The first-order valence-electron chi connectivity index (χ1n) is 17.9. The van der Waals surface area contributed by atoms with E-state index >= 15 is 0 Å². The Morgan fingerprint density at radius 2 is 1.08 bits per heavy atom. The minimum absolute atomic E-state index is 0.00186. The van der Waals surface area contributed by atoms with Gasteiger partial charge < -0.3 is 26.2 Å². The van der Waals surface area contributed by atoms with Crippen LogP contribution in [0.25, 0.3) is 0 Å². The van der Waals surface area contributed by atoms with Crippen LogP contribution in [0.15, 0.2) is 70.5 Å². The summed E-state index contributed by atoms with van der Waals surface area (Å²) in [6.45, 7) is 1.97. The Kier molecular flexibility index (Phi) is 17.9. The Labute approximate surface area is 381 Å². The van der Waals surface area contributed by atoms with Crippen LogP contribution in [0, 0.1) is 31.9 Å². The van der Waals surface area contributed by atoms with Gasteiger partial charge in [0.2, 0.25) is 10.0 Å². The third kappa shape index (κ3) is 13.8. The number of piperidine rings is 2. The van der Waals surface area contributed by atoms with E-state index < -0.39 is 95.2 Å². The number of rotatable bonds is 9. The third-order valence-electron chi connectivity index (χ3n) is 8.93. The molecule has 0 saturated carbocycles. The second-order valence-corrected chi connectivity index (χ2v) is 19.4. The van der Waals surface area contributed by atoms with Gasteiger partial charge in [-0.1, -0.05) is 46.4 Å². The highest BCUT2D eigenvalue weighted by Crippen LogP contribution is 2.37. The molecular weight excluding hydrogens is 988 g/mol. The van der Waals surface area contributed by atoms with Crippen LogP contribution in [0.5, 0.6) is 0 Å². The van der Waals surface area contributed by atoms with Crippen molar-refractivity contribution in [1.29, 1.82) is 0 Å². The molecule has 0 unspecified atom stereocenters. The van der Waals surface area contributed by atoms with Crippen molar-refractivity contribution in [3.63, 3.8) is 0 Å². The molecule has 5 N–H and O–H groups in total. The number of nitrogens with one attached hydrogen (secondary N) is 3. The molecule has 2 aliphatic rings. The number of sulfonamides is 1. The number of hydrogen-bond donors (Lipinski definition) is 5. The lowest BCUT2D eigenvalue weighted by molar-refractivity contribution is -0.385. The van der Waals surface area contributed by atoms with Crippen LogP contribution in [-0.4, -0.2) is 91.4 Å². The topological polar surface area (TPSA) is 268 Å². The molecule has 2 fully saturated rings. The van der Waals surface area contributed by atoms with Gasteiger partial charge in [-0.15, -0.1) is 0 Å². The van der Waals surface area contributed by atoms with E-state index in [2.05, 4.69) is 16.0 Å². The van der Waals surface area contributed by atoms with Gasteiger partial charge in [0, 0.05) is 58.4 Å². The number of anilines is 2. The van der Waals surface area contributed by atoms with E-state index in [4.69, 9.17) is 62.2 Å². The molecule has 2 aliphatic heterocycles. The number of hydrogen-bond acceptors (Lipinski definition) is 13. The zero-order chi connectivity index (χ0) is 47.0. The summed E-state index contributed by atoms with van der Waals surface area (Å²) in [5.74, 6) is -3.21. The number of nitro groups is 2. The Morgan fingerprint density at radius 3 is 1.44 bits per heavy atom. The quantitative estimate of drug-likeness (QED) is 0.0623. The molecule has 2 amide bonds. The monoisotopic (exact) mass is 1020 g/mol. The van der Waals surface area contributed by atoms with Gasteiger partial charge in [-0.05, 0) is 87.3 Å². The largest absolute Gasteiger partial charge is 0.393 e. The van der Waals surface area contributed by atoms with Crippen molar-refractivity contribution >= 4 is 111 Å². The molecule has 63 heavy (non-hydrogen) atoms. The van der Waals surface area contributed by atoms with Crippen LogP contribution in [0.1, 0.15) is 46.4 Å². The van der Waals surface area contributed by atoms with Crippen LogP contribution in [0.3, 0.4) is 0 Å². The van der Waals surface area contributed by atoms with Crippen LogP contribution in [0.2, 0.25) is 20.1 Å². The summed E-state index contributed by atoms with van der Waals surface area (Å²) in [7, 11) is -3.53. The SMILES string of the molecule is O=C(Nc1ccc(F)c(Cl)c1)c1cc([N+](=O)[O-])c(Cl)c(S(=O)(=O)Cl)c1.O=C(Nc1ccc(F)c(Cl)c1)c1cc([N+](=O)[O-])c(Cl)c(S(=O)(=O)N2CCC(O)CC2)c1.OC1CCNCC1. The first-order valence-corrected chi connectivity index (χ1v) is 23.2. The van der Waals surface area contributed by atoms with Crippen LogP contribution in [-0.2, 0) is 19.1 Å². The predicted octanol–water partition coefficient (Wildman–Crippen LogP) is 7.39. The van der Waals surface area contributed by atoms with Gasteiger partial charge in [0.25, 0.3) is 32.2 Å². The predicted molar refractivity (Wildman–Crippen MR) is 230 cm³/mol. The van der Waals surface area contributed by atoms with Gasteiger partial charge in [0.1, 0.15) is 31.5 Å². The van der Waals surface area contributed by atoms with E-state index in [1.807, 2.05) is 0 Å². The average molecular weight is 1020 g/mol. The number of aliphatic hydroxyl groups is 2. The third-order valence-corrected chi connectivity index (χ3v) is 13.8. The van der Waals surface area contributed by atoms with Gasteiger partial charge in [-0.2, -0.15) is 4.31 Å². The van der Waals surface area contributed by atoms with E-state index in [9.17, 15) is 60.5 Å². The molecule has 4 aromatic carbocycles. The molecule has 4 aromatic rings. The summed E-state index contributed by atoms with van der Waals surface area (Å²) < 4.78 is 76.6. The minimum Gasteiger partial charge on any atom is -0.393 e. The van der Waals surface area contributed by atoms with Crippen molar-refractivity contribution in [3.05, 3.63) is 124 Å². The Balaban J connectivity index is 0.000000243. The Bertz CT molecular complexity index is 2640. The molecule has 2 saturated heterocycles. The van der Waals surface area contributed by atoms with Gasteiger partial charge in [0.05, 0.1) is 32.1 Å². The fourth-order valence-electron chi connectivity index (χ4n) is 5.64. The Morgan fingerprint density at radius 1 is 0.683 bits per heavy atom. The highest BCUT2D eigenvalue weighted by atomic mass is 35.7. The van der Waals surface area contributed by atoms with Gasteiger partial charge in [-0.3, -0.25) is 29.8 Å². The van der Waals surface area contributed by atoms with E-state index in [-0.39, 0.29) is 59.0 Å². The highest BCUT2D eigenvalue weighted by molar-refractivity contribution is 8.13. The van der Waals surface area contributed by atoms with Crippen LogP contribution < -0.4 is 16.0 Å². The van der Waals surface area contributed by atoms with E-state index in [1.165, 1.54) is 12.1 Å². The van der Waals surface area contributed by atoms with Crippen molar-refractivity contribution in [3.8, 4) is 0 Å². The summed E-state index contributed by atoms with van der Waals surface area (Å²) in [5, 5.41) is 46.9. The molecule has 2 heterocycles. The fourth-order valence-corrected chi connectivity index (χ4v) is 9.60. The molecule has 0 atom stereocenters. The lowest BCUT2D eigenvalue weighted by Crippen LogP contribution is -2.40. The standard InChI is InChI=1S/C18H16Cl2FN3O6S.C13H6Cl3FN2O5S.C5H11NO/c19-13-9-11(1-2-14(13)21)22-18(26)10-7-15(24(27)28)17(20)16(8-10)31(29,30)23-5-3-12(25)4-6-23;14-8-5-7(1-2-9(8)17)18-13(20)6-3-10(19(21)22)12(15)11(4-6)25(16,23)24;7-5-1-3-6-4-2-5/h1-2,7-9,12,25H,3-6H2,(H,22,26);1-5H,(H,18,20);5-7H,1-4H2. The number of benzene rings is 4. The lowest BCUT2D eigenvalue weighted by Gasteiger charge is -2.29. The van der Waals surface area contributed by atoms with Crippen molar-refractivity contribution in [2.45, 2.75) is 47.7 Å². The Hall–Kier alpha value is -4.33. The second kappa shape index (κ2) is 22.0.